The predicted octanol–water partition coefficient (Wildman–Crippen LogP) is 2.64. The Bertz CT molecular complexity index is 1120. The summed E-state index contributed by atoms with van der Waals surface area (Å²) >= 11 is 0. The fourth-order valence-electron chi connectivity index (χ4n) is 4.17. The average Bonchev–Trinajstić information content (AvgIpc) is 3.09. The number of fused-ring (bicyclic) bond motifs is 1. The molecule has 2 aromatic rings. The molecule has 176 valence electrons. The van der Waals surface area contributed by atoms with Gasteiger partial charge in [-0.3, -0.25) is 9.59 Å². The van der Waals surface area contributed by atoms with Crippen molar-refractivity contribution in [3.05, 3.63) is 35.2 Å². The number of hydrogen-bond donors (Lipinski definition) is 1. The Kier molecular flexibility index (Phi) is 4.92. The molecular weight excluding hydrogens is 455 g/mol. The van der Waals surface area contributed by atoms with Gasteiger partial charge in [0.15, 0.2) is 0 Å². The van der Waals surface area contributed by atoms with Crippen LogP contribution in [0.2, 0.25) is 0 Å². The first kappa shape index (κ1) is 21.7. The number of amides is 2. The zero-order valence-corrected chi connectivity index (χ0v) is 16.9. The minimum absolute atomic E-state index is 0.110. The Hall–Kier alpha value is -3.09. The molecule has 0 bridgehead atoms. The molecule has 3 atom stereocenters. The van der Waals surface area contributed by atoms with Gasteiger partial charge in [0.2, 0.25) is 11.7 Å². The Labute approximate surface area is 183 Å². The Morgan fingerprint density at radius 3 is 2.70 bits per heavy atom. The molecule has 5 rings (SSSR count). The van der Waals surface area contributed by atoms with Crippen LogP contribution in [0.1, 0.15) is 34.7 Å². The third-order valence-corrected chi connectivity index (χ3v) is 6.07. The number of nitrogens with one attached hydrogen (secondary N) is 1. The topological polar surface area (TPSA) is 97.6 Å². The van der Waals surface area contributed by atoms with Gasteiger partial charge in [0.05, 0.1) is 18.7 Å². The molecule has 0 spiro atoms. The molecule has 1 saturated carbocycles. The number of nitrogens with zero attached hydrogens (tertiary/aromatic N) is 3. The van der Waals surface area contributed by atoms with Gasteiger partial charge in [-0.1, -0.05) is 17.3 Å². The van der Waals surface area contributed by atoms with Gasteiger partial charge in [0, 0.05) is 30.7 Å². The number of aromatic nitrogens is 2. The second-order valence-corrected chi connectivity index (χ2v) is 8.29. The minimum atomic E-state index is -4.79. The highest BCUT2D eigenvalue weighted by atomic mass is 19.4. The summed E-state index contributed by atoms with van der Waals surface area (Å²) in [6.45, 7) is 0.591. The highest BCUT2D eigenvalue weighted by molar-refractivity contribution is 5.99. The second-order valence-electron chi connectivity index (χ2n) is 8.29. The lowest BCUT2D eigenvalue weighted by molar-refractivity contribution is -0.159. The summed E-state index contributed by atoms with van der Waals surface area (Å²) in [4.78, 5) is 30.1. The van der Waals surface area contributed by atoms with E-state index >= 15 is 0 Å². The summed E-state index contributed by atoms with van der Waals surface area (Å²) in [5.74, 6) is -7.33. The Morgan fingerprint density at radius 1 is 1.27 bits per heavy atom. The SMILES string of the molecule is O=C(NC1CCOCC1N1Cc2ccc(-c3noc(C(F)(F)F)n3)cc2C1=O)C1CC1(F)F. The average molecular weight is 472 g/mol. The number of benzene rings is 1. The molecule has 13 heteroatoms. The molecule has 1 aromatic heterocycles. The largest absolute Gasteiger partial charge is 0.471 e. The molecule has 3 aliphatic rings. The molecule has 0 radical (unpaired) electrons. The van der Waals surface area contributed by atoms with E-state index in [1.165, 1.54) is 17.0 Å². The monoisotopic (exact) mass is 472 g/mol. The zero-order valence-electron chi connectivity index (χ0n) is 16.9. The number of rotatable bonds is 4. The van der Waals surface area contributed by atoms with Crippen molar-refractivity contribution < 1.29 is 40.8 Å². The fraction of sp³-hybridized carbons (Fsp3) is 0.500. The molecule has 2 aliphatic heterocycles. The maximum absolute atomic E-state index is 13.3. The van der Waals surface area contributed by atoms with Crippen LogP contribution < -0.4 is 5.32 Å². The first-order chi connectivity index (χ1) is 15.5. The summed E-state index contributed by atoms with van der Waals surface area (Å²) < 4.78 is 74.4. The smallest absolute Gasteiger partial charge is 0.379 e. The maximum Gasteiger partial charge on any atom is 0.471 e. The van der Waals surface area contributed by atoms with Crippen LogP contribution in [-0.4, -0.2) is 58.1 Å². The van der Waals surface area contributed by atoms with Crippen LogP contribution in [0.5, 0.6) is 0 Å². The van der Waals surface area contributed by atoms with Crippen molar-refractivity contribution in [2.75, 3.05) is 13.2 Å². The van der Waals surface area contributed by atoms with Crippen LogP contribution in [-0.2, 0) is 22.3 Å². The van der Waals surface area contributed by atoms with Crippen LogP contribution in [0.4, 0.5) is 22.0 Å². The first-order valence-corrected chi connectivity index (χ1v) is 10.2. The van der Waals surface area contributed by atoms with Crippen molar-refractivity contribution in [1.29, 1.82) is 0 Å². The molecule has 2 fully saturated rings. The van der Waals surface area contributed by atoms with Crippen molar-refractivity contribution in [2.24, 2.45) is 5.92 Å². The standard InChI is InChI=1S/C20H17F5N4O4/c21-19(22)6-12(19)16(30)26-13-3-4-32-8-14(13)29-7-10-2-1-9(5-11(10)17(29)31)15-27-18(33-28-15)20(23,24)25/h1-2,5,12-14H,3-4,6-8H2,(H,26,30). The van der Waals surface area contributed by atoms with Gasteiger partial charge < -0.3 is 19.5 Å². The van der Waals surface area contributed by atoms with Gasteiger partial charge in [-0.2, -0.15) is 18.2 Å². The van der Waals surface area contributed by atoms with Crippen molar-refractivity contribution in [3.8, 4) is 11.4 Å². The quantitative estimate of drug-likeness (QED) is 0.688. The van der Waals surface area contributed by atoms with E-state index < -0.39 is 54.2 Å². The van der Waals surface area contributed by atoms with E-state index in [1.54, 1.807) is 6.07 Å². The number of carbonyl (C=O) groups excluding carboxylic acids is 2. The van der Waals surface area contributed by atoms with Crippen LogP contribution in [0.3, 0.4) is 0 Å². The highest BCUT2D eigenvalue weighted by Gasteiger charge is 2.61. The predicted molar refractivity (Wildman–Crippen MR) is 98.8 cm³/mol. The number of hydrogen-bond acceptors (Lipinski definition) is 6. The molecule has 1 aliphatic carbocycles. The zero-order chi connectivity index (χ0) is 23.5. The molecule has 8 nitrogen and oxygen atoms in total. The Morgan fingerprint density at radius 2 is 2.03 bits per heavy atom. The van der Waals surface area contributed by atoms with Crippen LogP contribution in [0, 0.1) is 5.92 Å². The van der Waals surface area contributed by atoms with E-state index in [9.17, 15) is 31.5 Å². The number of carbonyl (C=O) groups is 2. The van der Waals surface area contributed by atoms with Crippen LogP contribution >= 0.6 is 0 Å². The van der Waals surface area contributed by atoms with Gasteiger partial charge in [-0.05, 0) is 18.1 Å². The number of ether oxygens (including phenoxy) is 1. The summed E-state index contributed by atoms with van der Waals surface area (Å²) in [5, 5.41) is 5.96. The van der Waals surface area contributed by atoms with Gasteiger partial charge in [0.1, 0.15) is 5.92 Å². The molecular formula is C20H17F5N4O4. The second kappa shape index (κ2) is 7.47. The molecule has 1 N–H and O–H groups in total. The van der Waals surface area contributed by atoms with E-state index in [0.717, 1.165) is 0 Å². The van der Waals surface area contributed by atoms with E-state index in [0.29, 0.717) is 18.6 Å². The van der Waals surface area contributed by atoms with Gasteiger partial charge in [0.25, 0.3) is 11.8 Å². The summed E-state index contributed by atoms with van der Waals surface area (Å²) in [7, 11) is 0. The van der Waals surface area contributed by atoms with Gasteiger partial charge in [-0.15, -0.1) is 0 Å². The summed E-state index contributed by atoms with van der Waals surface area (Å²) in [5.41, 5.74) is 1.03. The molecule has 3 heterocycles. The van der Waals surface area contributed by atoms with E-state index in [2.05, 4.69) is 20.0 Å². The summed E-state index contributed by atoms with van der Waals surface area (Å²) in [6.07, 6.45) is -4.93. The van der Waals surface area contributed by atoms with Gasteiger partial charge >= 0.3 is 12.1 Å². The van der Waals surface area contributed by atoms with Crippen LogP contribution in [0.15, 0.2) is 22.7 Å². The number of halogens is 5. The molecule has 2 amide bonds. The third kappa shape index (κ3) is 3.94. The minimum Gasteiger partial charge on any atom is -0.379 e. The van der Waals surface area contributed by atoms with E-state index in [-0.39, 0.29) is 30.1 Å². The van der Waals surface area contributed by atoms with Crippen molar-refractivity contribution in [3.63, 3.8) is 0 Å². The first-order valence-electron chi connectivity index (χ1n) is 10.2. The lowest BCUT2D eigenvalue weighted by Crippen LogP contribution is -2.57. The number of alkyl halides is 5. The van der Waals surface area contributed by atoms with E-state index in [4.69, 9.17) is 4.74 Å². The van der Waals surface area contributed by atoms with Crippen molar-refractivity contribution in [1.82, 2.24) is 20.4 Å². The van der Waals surface area contributed by atoms with E-state index in [1.807, 2.05) is 0 Å². The van der Waals surface area contributed by atoms with Crippen molar-refractivity contribution in [2.45, 2.75) is 43.6 Å². The lowest BCUT2D eigenvalue weighted by Gasteiger charge is -2.38. The molecule has 1 aromatic carbocycles. The third-order valence-electron chi connectivity index (χ3n) is 6.07. The van der Waals surface area contributed by atoms with Gasteiger partial charge in [-0.25, -0.2) is 8.78 Å². The maximum atomic E-state index is 13.3. The normalized spacial score (nSPS) is 26.3. The highest BCUT2D eigenvalue weighted by Crippen LogP contribution is 2.48. The molecule has 33 heavy (non-hydrogen) atoms. The Balaban J connectivity index is 1.34. The molecule has 1 saturated heterocycles. The molecule has 3 unspecified atom stereocenters. The summed E-state index contributed by atoms with van der Waals surface area (Å²) in [6, 6.07) is 3.29. The van der Waals surface area contributed by atoms with Crippen LogP contribution in [0.25, 0.3) is 11.4 Å². The fourth-order valence-corrected chi connectivity index (χ4v) is 4.17. The van der Waals surface area contributed by atoms with Crippen molar-refractivity contribution >= 4 is 11.8 Å². The lowest BCUT2D eigenvalue weighted by atomic mass is 10.0.